The van der Waals surface area contributed by atoms with Crippen LogP contribution in [0.1, 0.15) is 36.5 Å². The molecule has 1 aromatic heterocycles. The Labute approximate surface area is 199 Å². The number of rotatable bonds is 6. The first-order chi connectivity index (χ1) is 15.9. The van der Waals surface area contributed by atoms with E-state index in [1.807, 2.05) is 19.1 Å². The van der Waals surface area contributed by atoms with E-state index in [0.29, 0.717) is 30.3 Å². The lowest BCUT2D eigenvalue weighted by Gasteiger charge is -2.32. The number of nitrogens with zero attached hydrogens (tertiary/aromatic N) is 3. The average Bonchev–Trinajstić information content (AvgIpc) is 2.85. The second kappa shape index (κ2) is 10.2. The van der Waals surface area contributed by atoms with Crippen molar-refractivity contribution in [1.82, 2.24) is 15.1 Å². The number of anilines is 1. The van der Waals surface area contributed by atoms with E-state index in [1.165, 1.54) is 16.3 Å². The van der Waals surface area contributed by atoms with Crippen LogP contribution in [0, 0.1) is 12.8 Å². The molecule has 1 amide bonds. The molecule has 1 aliphatic heterocycles. The molecule has 0 saturated carbocycles. The fourth-order valence-electron chi connectivity index (χ4n) is 4.07. The number of piperidine rings is 1. The standard InChI is InChI=1S/C26H29ClN4O2/c1-3-19-5-7-20(8-6-19)17-28-26(33)21-12-14-30(15-13-21)24-10-11-25(32)31(29-24)22-9-4-18(2)23(27)16-22/h4-11,16,21H,3,12-15,17H2,1-2H3,(H,28,33). The molecule has 3 aromatic rings. The number of hydrogen-bond donors (Lipinski definition) is 1. The molecule has 1 N–H and O–H groups in total. The van der Waals surface area contributed by atoms with Crippen molar-refractivity contribution in [2.75, 3.05) is 18.0 Å². The Bertz CT molecular complexity index is 1180. The van der Waals surface area contributed by atoms with Crippen LogP contribution in [0.3, 0.4) is 0 Å². The third kappa shape index (κ3) is 5.45. The van der Waals surface area contributed by atoms with Crippen molar-refractivity contribution in [2.24, 2.45) is 5.92 Å². The summed E-state index contributed by atoms with van der Waals surface area (Å²) in [4.78, 5) is 27.2. The lowest BCUT2D eigenvalue weighted by atomic mass is 9.96. The Balaban J connectivity index is 1.36. The molecule has 7 heteroatoms. The van der Waals surface area contributed by atoms with E-state index in [2.05, 4.69) is 46.5 Å². The number of carbonyl (C=O) groups is 1. The van der Waals surface area contributed by atoms with Crippen molar-refractivity contribution in [3.8, 4) is 5.69 Å². The number of nitrogens with one attached hydrogen (secondary N) is 1. The molecule has 0 radical (unpaired) electrons. The molecule has 0 unspecified atom stereocenters. The maximum absolute atomic E-state index is 12.7. The highest BCUT2D eigenvalue weighted by Crippen LogP contribution is 2.23. The van der Waals surface area contributed by atoms with Gasteiger partial charge in [-0.25, -0.2) is 0 Å². The van der Waals surface area contributed by atoms with Crippen LogP contribution in [0.5, 0.6) is 0 Å². The summed E-state index contributed by atoms with van der Waals surface area (Å²) in [7, 11) is 0. The van der Waals surface area contributed by atoms with Crippen LogP contribution in [0.2, 0.25) is 5.02 Å². The van der Waals surface area contributed by atoms with Crippen molar-refractivity contribution in [2.45, 2.75) is 39.7 Å². The van der Waals surface area contributed by atoms with Gasteiger partial charge in [-0.15, -0.1) is 5.10 Å². The number of aryl methyl sites for hydroxylation is 2. The second-order valence-electron chi connectivity index (χ2n) is 8.52. The minimum atomic E-state index is -0.208. The maximum Gasteiger partial charge on any atom is 0.271 e. The van der Waals surface area contributed by atoms with Gasteiger partial charge in [-0.1, -0.05) is 48.9 Å². The molecule has 1 aliphatic rings. The van der Waals surface area contributed by atoms with Crippen LogP contribution in [0.4, 0.5) is 5.82 Å². The third-order valence-electron chi connectivity index (χ3n) is 6.27. The smallest absolute Gasteiger partial charge is 0.271 e. The molecular weight excluding hydrogens is 436 g/mol. The van der Waals surface area contributed by atoms with Gasteiger partial charge in [0.2, 0.25) is 5.91 Å². The van der Waals surface area contributed by atoms with Crippen LogP contribution in [0.25, 0.3) is 5.69 Å². The lowest BCUT2D eigenvalue weighted by molar-refractivity contribution is -0.125. The van der Waals surface area contributed by atoms with Gasteiger partial charge in [0.1, 0.15) is 5.82 Å². The van der Waals surface area contributed by atoms with E-state index in [0.717, 1.165) is 36.2 Å². The zero-order valence-electron chi connectivity index (χ0n) is 19.1. The molecule has 4 rings (SSSR count). The molecule has 1 fully saturated rings. The van der Waals surface area contributed by atoms with Gasteiger partial charge in [0.25, 0.3) is 5.56 Å². The number of halogens is 1. The van der Waals surface area contributed by atoms with E-state index >= 15 is 0 Å². The van der Waals surface area contributed by atoms with Gasteiger partial charge < -0.3 is 10.2 Å². The largest absolute Gasteiger partial charge is 0.355 e. The summed E-state index contributed by atoms with van der Waals surface area (Å²) in [5.74, 6) is 0.806. The molecule has 2 aromatic carbocycles. The number of carbonyl (C=O) groups excluding carboxylic acids is 1. The Morgan fingerprint density at radius 1 is 1.06 bits per heavy atom. The first-order valence-corrected chi connectivity index (χ1v) is 11.8. The minimum absolute atomic E-state index is 0.0158. The van der Waals surface area contributed by atoms with Gasteiger partial charge in [0.15, 0.2) is 0 Å². The van der Waals surface area contributed by atoms with Crippen molar-refractivity contribution in [1.29, 1.82) is 0 Å². The highest BCUT2D eigenvalue weighted by Gasteiger charge is 2.26. The Morgan fingerprint density at radius 2 is 1.76 bits per heavy atom. The predicted molar refractivity (Wildman–Crippen MR) is 132 cm³/mol. The topological polar surface area (TPSA) is 67.2 Å². The van der Waals surface area contributed by atoms with Crippen LogP contribution < -0.4 is 15.8 Å². The molecule has 0 spiro atoms. The van der Waals surface area contributed by atoms with Gasteiger partial charge in [-0.2, -0.15) is 4.68 Å². The first-order valence-electron chi connectivity index (χ1n) is 11.4. The van der Waals surface area contributed by atoms with Crippen molar-refractivity contribution < 1.29 is 4.79 Å². The van der Waals surface area contributed by atoms with Gasteiger partial charge in [0, 0.05) is 36.6 Å². The van der Waals surface area contributed by atoms with Crippen LogP contribution in [-0.4, -0.2) is 28.8 Å². The summed E-state index contributed by atoms with van der Waals surface area (Å²) in [6.45, 7) is 6.02. The highest BCUT2D eigenvalue weighted by atomic mass is 35.5. The fourth-order valence-corrected chi connectivity index (χ4v) is 4.24. The van der Waals surface area contributed by atoms with Gasteiger partial charge >= 0.3 is 0 Å². The van der Waals surface area contributed by atoms with Crippen molar-refractivity contribution in [3.05, 3.63) is 86.7 Å². The van der Waals surface area contributed by atoms with Gasteiger partial charge in [0.05, 0.1) is 5.69 Å². The molecule has 2 heterocycles. The highest BCUT2D eigenvalue weighted by molar-refractivity contribution is 6.31. The SMILES string of the molecule is CCc1ccc(CNC(=O)C2CCN(c3ccc(=O)n(-c4ccc(C)c(Cl)c4)n3)CC2)cc1. The van der Waals surface area contributed by atoms with Gasteiger partial charge in [-0.05, 0) is 61.1 Å². The molecule has 0 bridgehead atoms. The normalized spacial score (nSPS) is 14.3. The van der Waals surface area contributed by atoms with E-state index < -0.39 is 0 Å². The second-order valence-corrected chi connectivity index (χ2v) is 8.93. The van der Waals surface area contributed by atoms with Crippen molar-refractivity contribution in [3.63, 3.8) is 0 Å². The lowest BCUT2D eigenvalue weighted by Crippen LogP contribution is -2.41. The zero-order valence-corrected chi connectivity index (χ0v) is 19.8. The number of hydrogen-bond acceptors (Lipinski definition) is 4. The molecule has 0 aliphatic carbocycles. The summed E-state index contributed by atoms with van der Waals surface area (Å²) in [6, 6.07) is 17.1. The van der Waals surface area contributed by atoms with Crippen LogP contribution >= 0.6 is 11.6 Å². The van der Waals surface area contributed by atoms with Crippen molar-refractivity contribution >= 4 is 23.3 Å². The average molecular weight is 465 g/mol. The van der Waals surface area contributed by atoms with Gasteiger partial charge in [-0.3, -0.25) is 9.59 Å². The first kappa shape index (κ1) is 23.1. The van der Waals surface area contributed by atoms with Crippen LogP contribution in [-0.2, 0) is 17.8 Å². The van der Waals surface area contributed by atoms with E-state index in [4.69, 9.17) is 11.6 Å². The number of benzene rings is 2. The molecule has 33 heavy (non-hydrogen) atoms. The summed E-state index contributed by atoms with van der Waals surface area (Å²) in [5.41, 5.74) is 3.78. The molecule has 172 valence electrons. The van der Waals surface area contributed by atoms with E-state index in [-0.39, 0.29) is 17.4 Å². The number of aromatic nitrogens is 2. The maximum atomic E-state index is 12.7. The summed E-state index contributed by atoms with van der Waals surface area (Å²) < 4.78 is 1.38. The van der Waals surface area contributed by atoms with E-state index in [9.17, 15) is 9.59 Å². The molecular formula is C26H29ClN4O2. The van der Waals surface area contributed by atoms with E-state index in [1.54, 1.807) is 12.1 Å². The Kier molecular flexibility index (Phi) is 7.14. The number of amides is 1. The van der Waals surface area contributed by atoms with Crippen LogP contribution in [0.15, 0.2) is 59.4 Å². The Morgan fingerprint density at radius 3 is 2.42 bits per heavy atom. The fraction of sp³-hybridized carbons (Fsp3) is 0.346. The predicted octanol–water partition coefficient (Wildman–Crippen LogP) is 4.29. The summed E-state index contributed by atoms with van der Waals surface area (Å²) >= 11 is 6.24. The molecule has 1 saturated heterocycles. The zero-order chi connectivity index (χ0) is 23.4. The summed E-state index contributed by atoms with van der Waals surface area (Å²) in [5, 5.41) is 8.24. The molecule has 0 atom stereocenters. The molecule has 6 nitrogen and oxygen atoms in total. The quantitative estimate of drug-likeness (QED) is 0.591. The minimum Gasteiger partial charge on any atom is -0.355 e. The third-order valence-corrected chi connectivity index (χ3v) is 6.68. The Hall–Kier alpha value is -3.12. The summed E-state index contributed by atoms with van der Waals surface area (Å²) in [6.07, 6.45) is 2.51. The monoisotopic (exact) mass is 464 g/mol.